The average molecular weight is 710 g/mol. The van der Waals surface area contributed by atoms with Gasteiger partial charge >= 0.3 is 0 Å². The first-order valence-electron chi connectivity index (χ1n) is 15.9. The van der Waals surface area contributed by atoms with Gasteiger partial charge in [0.05, 0.1) is 17.0 Å². The summed E-state index contributed by atoms with van der Waals surface area (Å²) in [6.45, 7) is 2.11. The number of benzene rings is 6. The maximum Gasteiger partial charge on any atom is 0.161 e. The first-order chi connectivity index (χ1) is 22.9. The van der Waals surface area contributed by atoms with Crippen molar-refractivity contribution in [3.63, 3.8) is 0 Å². The second-order valence-corrected chi connectivity index (χ2v) is 14.6. The van der Waals surface area contributed by atoms with E-state index in [0.717, 1.165) is 45.8 Å². The molecule has 0 saturated carbocycles. The van der Waals surface area contributed by atoms with Crippen LogP contribution >= 0.6 is 15.9 Å². The van der Waals surface area contributed by atoms with Crippen molar-refractivity contribution in [3.8, 4) is 0 Å². The third kappa shape index (κ3) is 8.88. The number of halogens is 4. The Balaban J connectivity index is 0.000000189. The van der Waals surface area contributed by atoms with E-state index in [1.807, 2.05) is 0 Å². The van der Waals surface area contributed by atoms with Gasteiger partial charge < -0.3 is 0 Å². The van der Waals surface area contributed by atoms with Crippen LogP contribution in [-0.2, 0) is 16.6 Å². The number of hydrogen-bond acceptors (Lipinski definition) is 0. The van der Waals surface area contributed by atoms with E-state index >= 15 is 0 Å². The van der Waals surface area contributed by atoms with Crippen molar-refractivity contribution < 1.29 is 13.2 Å². The Morgan fingerprint density at radius 1 is 0.511 bits per heavy atom. The summed E-state index contributed by atoms with van der Waals surface area (Å²) in [6, 6.07) is 49.7. The second kappa shape index (κ2) is 16.7. The Kier molecular flexibility index (Phi) is 12.2. The summed E-state index contributed by atoms with van der Waals surface area (Å²) in [4.78, 5) is 2.79. The highest BCUT2D eigenvalue weighted by molar-refractivity contribution is 9.10. The SMILES string of the molecule is Brc1ccc(C[S+](c2ccccc2)c2ccccc2)cc1.CCCC[B-](c1ccc(F)cc1)(c1ccc(F)cc1)c1ccc(F)cc1. The van der Waals surface area contributed by atoms with Gasteiger partial charge in [0.15, 0.2) is 9.79 Å². The predicted molar refractivity (Wildman–Crippen MR) is 198 cm³/mol. The van der Waals surface area contributed by atoms with Crippen LogP contribution in [0.5, 0.6) is 0 Å². The summed E-state index contributed by atoms with van der Waals surface area (Å²) in [5.74, 6) is 0.146. The molecule has 0 aromatic heterocycles. The molecule has 0 aliphatic heterocycles. The third-order valence-electron chi connectivity index (χ3n) is 8.59. The Bertz CT molecular complexity index is 1650. The molecule has 0 unspecified atom stereocenters. The van der Waals surface area contributed by atoms with Crippen LogP contribution in [0.4, 0.5) is 13.2 Å². The van der Waals surface area contributed by atoms with Crippen molar-refractivity contribution in [1.82, 2.24) is 0 Å². The molecule has 6 rings (SSSR count). The van der Waals surface area contributed by atoms with Crippen LogP contribution in [0.3, 0.4) is 0 Å². The van der Waals surface area contributed by atoms with Gasteiger partial charge in [-0.25, -0.2) is 13.2 Å². The zero-order valence-electron chi connectivity index (χ0n) is 26.3. The van der Waals surface area contributed by atoms with Crippen LogP contribution in [0, 0.1) is 17.5 Å². The molecule has 0 aliphatic carbocycles. The molecule has 0 amide bonds. The summed E-state index contributed by atoms with van der Waals surface area (Å²) in [7, 11) is 0.0759. The lowest BCUT2D eigenvalue weighted by Gasteiger charge is -2.43. The normalized spacial score (nSPS) is 11.2. The fourth-order valence-electron chi connectivity index (χ4n) is 6.18. The molecule has 0 aliphatic rings. The Hall–Kier alpha value is -4.00. The summed E-state index contributed by atoms with van der Waals surface area (Å²) >= 11 is 3.50. The molecule has 0 nitrogen and oxygen atoms in total. The van der Waals surface area contributed by atoms with E-state index < -0.39 is 6.15 Å². The van der Waals surface area contributed by atoms with Gasteiger partial charge in [-0.1, -0.05) is 121 Å². The number of unbranched alkanes of at least 4 members (excludes halogenated alkanes) is 1. The third-order valence-corrected chi connectivity index (χ3v) is 11.4. The molecule has 0 atom stereocenters. The molecule has 0 N–H and O–H groups in total. The zero-order valence-corrected chi connectivity index (χ0v) is 28.7. The van der Waals surface area contributed by atoms with Gasteiger partial charge in [-0.15, -0.1) is 0 Å². The first-order valence-corrected chi connectivity index (χ1v) is 18.1. The summed E-state index contributed by atoms with van der Waals surface area (Å²) in [5.41, 5.74) is 4.28. The Morgan fingerprint density at radius 3 is 1.26 bits per heavy atom. The molecule has 0 heterocycles. The molecule has 0 spiro atoms. The zero-order chi connectivity index (χ0) is 33.1. The lowest BCUT2D eigenvalue weighted by atomic mass is 9.14. The van der Waals surface area contributed by atoms with Crippen LogP contribution in [0.25, 0.3) is 0 Å². The van der Waals surface area contributed by atoms with Crippen LogP contribution in [0.1, 0.15) is 25.3 Å². The van der Waals surface area contributed by atoms with E-state index in [1.54, 1.807) is 36.4 Å². The maximum absolute atomic E-state index is 13.5. The monoisotopic (exact) mass is 708 g/mol. The van der Waals surface area contributed by atoms with E-state index in [4.69, 9.17) is 0 Å². The van der Waals surface area contributed by atoms with Crippen molar-refractivity contribution in [2.75, 3.05) is 0 Å². The molecular weight excluding hydrogens is 672 g/mol. The molecule has 6 heteroatoms. The van der Waals surface area contributed by atoms with E-state index in [2.05, 4.69) is 108 Å². The van der Waals surface area contributed by atoms with Crippen LogP contribution in [0.15, 0.2) is 172 Å². The van der Waals surface area contributed by atoms with Gasteiger partial charge in [-0.2, -0.15) is 22.7 Å². The van der Waals surface area contributed by atoms with Crippen LogP contribution < -0.4 is 16.4 Å². The predicted octanol–water partition coefficient (Wildman–Crippen LogP) is 10.1. The van der Waals surface area contributed by atoms with Crippen LogP contribution in [0.2, 0.25) is 6.32 Å². The highest BCUT2D eigenvalue weighted by Gasteiger charge is 2.29. The van der Waals surface area contributed by atoms with Gasteiger partial charge in [-0.05, 0) is 72.8 Å². The van der Waals surface area contributed by atoms with Crippen LogP contribution in [-0.4, -0.2) is 6.15 Å². The van der Waals surface area contributed by atoms with E-state index in [0.29, 0.717) is 0 Å². The quantitative estimate of drug-likeness (QED) is 0.0982. The first kappa shape index (κ1) is 34.3. The lowest BCUT2D eigenvalue weighted by molar-refractivity contribution is 0.628. The summed E-state index contributed by atoms with van der Waals surface area (Å²) < 4.78 is 41.8. The van der Waals surface area contributed by atoms with Gasteiger partial charge in [0.25, 0.3) is 0 Å². The minimum Gasteiger partial charge on any atom is -0.207 e. The second-order valence-electron chi connectivity index (χ2n) is 11.6. The Labute approximate surface area is 288 Å². The minimum absolute atomic E-state index is 0.0759. The van der Waals surface area contributed by atoms with E-state index in [1.165, 1.54) is 51.8 Å². The molecular formula is C41H37BBrF3S. The lowest BCUT2D eigenvalue weighted by Crippen LogP contribution is -2.67. The smallest absolute Gasteiger partial charge is 0.161 e. The fraction of sp³-hybridized carbons (Fsp3) is 0.122. The molecule has 238 valence electrons. The Morgan fingerprint density at radius 2 is 0.894 bits per heavy atom. The fourth-order valence-corrected chi connectivity index (χ4v) is 8.55. The standard InChI is InChI=1S/C22H21BF3.C19H16BrS/c1-2-3-16-23(17-4-10-20(24)11-5-17,18-6-12-21(25)13-7-18)19-8-14-22(26)15-9-19;20-17-13-11-16(12-14-17)15-21(18-7-3-1-4-8-18)19-9-5-2-6-10-19/h4-15H,2-3,16H2,1H3;1-14H,15H2/q-1;+1. The largest absolute Gasteiger partial charge is 0.207 e. The van der Waals surface area contributed by atoms with Crippen molar-refractivity contribution in [1.29, 1.82) is 0 Å². The van der Waals surface area contributed by atoms with Crippen molar-refractivity contribution in [2.45, 2.75) is 41.6 Å². The molecule has 0 saturated heterocycles. The number of rotatable bonds is 10. The molecule has 0 fully saturated rings. The molecule has 47 heavy (non-hydrogen) atoms. The summed E-state index contributed by atoms with van der Waals surface area (Å²) in [5, 5.41) is 0. The highest BCUT2D eigenvalue weighted by atomic mass is 79.9. The van der Waals surface area contributed by atoms with Gasteiger partial charge in [0.2, 0.25) is 0 Å². The van der Waals surface area contributed by atoms with Crippen molar-refractivity contribution >= 4 is 49.4 Å². The topological polar surface area (TPSA) is 0 Å². The van der Waals surface area contributed by atoms with Crippen molar-refractivity contribution in [3.05, 3.63) is 185 Å². The molecule has 6 aromatic carbocycles. The molecule has 0 bridgehead atoms. The van der Waals surface area contributed by atoms with Gasteiger partial charge in [0.1, 0.15) is 23.2 Å². The van der Waals surface area contributed by atoms with E-state index in [-0.39, 0.29) is 28.3 Å². The van der Waals surface area contributed by atoms with Gasteiger partial charge in [-0.3, -0.25) is 0 Å². The average Bonchev–Trinajstić information content (AvgIpc) is 3.11. The number of hydrogen-bond donors (Lipinski definition) is 0. The highest BCUT2D eigenvalue weighted by Crippen LogP contribution is 2.27. The molecule has 0 radical (unpaired) electrons. The van der Waals surface area contributed by atoms with Gasteiger partial charge in [0, 0.05) is 10.0 Å². The molecule has 6 aromatic rings. The summed E-state index contributed by atoms with van der Waals surface area (Å²) in [6.07, 6.45) is 1.31. The minimum atomic E-state index is -1.46. The van der Waals surface area contributed by atoms with Crippen molar-refractivity contribution in [2.24, 2.45) is 0 Å². The maximum atomic E-state index is 13.5. The van der Waals surface area contributed by atoms with E-state index in [9.17, 15) is 13.2 Å².